The molecule has 0 spiro atoms. The molecule has 1 aliphatic rings. The molecular weight excluding hydrogens is 323 g/mol. The van der Waals surface area contributed by atoms with E-state index in [0.717, 1.165) is 0 Å². The zero-order valence-electron chi connectivity index (χ0n) is 11.0. The molecular formula is C13H14Cl2O4S. The van der Waals surface area contributed by atoms with Crippen molar-refractivity contribution in [1.29, 1.82) is 0 Å². The first-order valence-electron chi connectivity index (χ1n) is 5.95. The zero-order chi connectivity index (χ0) is 15.3. The first-order chi connectivity index (χ1) is 9.02. The highest BCUT2D eigenvalue weighted by Crippen LogP contribution is 2.54. The first-order valence-corrected chi connectivity index (χ1v) is 8.19. The fraction of sp³-hybridized carbons (Fsp3) is 0.462. The molecule has 0 aromatic heterocycles. The van der Waals surface area contributed by atoms with Gasteiger partial charge in [-0.1, -0.05) is 37.0 Å². The van der Waals surface area contributed by atoms with Crippen LogP contribution in [0.25, 0.3) is 0 Å². The number of sulfone groups is 1. The van der Waals surface area contributed by atoms with Crippen molar-refractivity contribution < 1.29 is 18.3 Å². The lowest BCUT2D eigenvalue weighted by Crippen LogP contribution is -2.59. The standard InChI is InChI=1S/C13H14Cl2O4S/c1-12(2)6-13(7-12,11(16)17)20(18,19)10-5-8(14)3-4-9(10)15/h3-5H,6-7H2,1-2H3,(H,16,17). The maximum absolute atomic E-state index is 12.7. The molecule has 1 saturated carbocycles. The van der Waals surface area contributed by atoms with Crippen LogP contribution in [0.2, 0.25) is 10.0 Å². The summed E-state index contributed by atoms with van der Waals surface area (Å²) in [5.74, 6) is -1.34. The largest absolute Gasteiger partial charge is 0.480 e. The van der Waals surface area contributed by atoms with Crippen molar-refractivity contribution in [1.82, 2.24) is 0 Å². The van der Waals surface area contributed by atoms with Gasteiger partial charge in [-0.25, -0.2) is 8.42 Å². The van der Waals surface area contributed by atoms with E-state index >= 15 is 0 Å². The minimum Gasteiger partial charge on any atom is -0.480 e. The van der Waals surface area contributed by atoms with E-state index in [-0.39, 0.29) is 33.2 Å². The Hall–Kier alpha value is -0.780. The normalized spacial score (nSPS) is 20.2. The second kappa shape index (κ2) is 4.61. The summed E-state index contributed by atoms with van der Waals surface area (Å²) in [6, 6.07) is 4.02. The highest BCUT2D eigenvalue weighted by molar-refractivity contribution is 7.93. The molecule has 110 valence electrons. The van der Waals surface area contributed by atoms with Crippen molar-refractivity contribution in [2.45, 2.75) is 36.3 Å². The predicted molar refractivity (Wildman–Crippen MR) is 77.0 cm³/mol. The first kappa shape index (κ1) is 15.6. The predicted octanol–water partition coefficient (Wildman–Crippen LogP) is 3.41. The van der Waals surface area contributed by atoms with Crippen LogP contribution >= 0.6 is 23.2 Å². The molecule has 1 fully saturated rings. The molecule has 1 N–H and O–H groups in total. The van der Waals surface area contributed by atoms with E-state index in [2.05, 4.69) is 0 Å². The monoisotopic (exact) mass is 336 g/mol. The van der Waals surface area contributed by atoms with E-state index in [1.807, 2.05) is 13.8 Å². The van der Waals surface area contributed by atoms with Crippen LogP contribution in [0.5, 0.6) is 0 Å². The third kappa shape index (κ3) is 2.22. The highest BCUT2D eigenvalue weighted by Gasteiger charge is 2.63. The fourth-order valence-electron chi connectivity index (χ4n) is 2.84. The quantitative estimate of drug-likeness (QED) is 0.917. The van der Waals surface area contributed by atoms with Crippen molar-refractivity contribution in [3.63, 3.8) is 0 Å². The van der Waals surface area contributed by atoms with Gasteiger partial charge in [0.05, 0.1) is 9.92 Å². The Labute approximate surface area is 127 Å². The van der Waals surface area contributed by atoms with Gasteiger partial charge in [0.1, 0.15) is 0 Å². The molecule has 20 heavy (non-hydrogen) atoms. The summed E-state index contributed by atoms with van der Waals surface area (Å²) in [7, 11) is -4.10. The Bertz CT molecular complexity index is 672. The van der Waals surface area contributed by atoms with Gasteiger partial charge in [-0.3, -0.25) is 4.79 Å². The fourth-order valence-corrected chi connectivity index (χ4v) is 5.92. The number of rotatable bonds is 3. The van der Waals surface area contributed by atoms with Gasteiger partial charge in [-0.15, -0.1) is 0 Å². The molecule has 2 rings (SSSR count). The van der Waals surface area contributed by atoms with E-state index in [9.17, 15) is 18.3 Å². The molecule has 0 unspecified atom stereocenters. The van der Waals surface area contributed by atoms with Crippen LogP contribution in [0.1, 0.15) is 26.7 Å². The summed E-state index contributed by atoms with van der Waals surface area (Å²) in [5.41, 5.74) is -0.323. The summed E-state index contributed by atoms with van der Waals surface area (Å²) >= 11 is 11.7. The second-order valence-corrected chi connectivity index (χ2v) is 8.97. The number of hydrogen-bond acceptors (Lipinski definition) is 3. The topological polar surface area (TPSA) is 71.4 Å². The molecule has 0 bridgehead atoms. The Morgan fingerprint density at radius 2 is 1.80 bits per heavy atom. The molecule has 0 atom stereocenters. The van der Waals surface area contributed by atoms with Gasteiger partial charge in [-0.05, 0) is 36.5 Å². The Kier molecular flexibility index (Phi) is 3.60. The highest BCUT2D eigenvalue weighted by atomic mass is 35.5. The zero-order valence-corrected chi connectivity index (χ0v) is 13.3. The lowest BCUT2D eigenvalue weighted by molar-refractivity contribution is -0.146. The van der Waals surface area contributed by atoms with Gasteiger partial charge >= 0.3 is 5.97 Å². The van der Waals surface area contributed by atoms with E-state index in [1.165, 1.54) is 18.2 Å². The Morgan fingerprint density at radius 3 is 2.25 bits per heavy atom. The van der Waals surface area contributed by atoms with Crippen molar-refractivity contribution in [3.8, 4) is 0 Å². The van der Waals surface area contributed by atoms with Gasteiger partial charge in [0, 0.05) is 5.02 Å². The molecule has 1 aromatic rings. The summed E-state index contributed by atoms with van der Waals surface area (Å²) in [6.07, 6.45) is 0.112. The average Bonchev–Trinajstić information content (AvgIpc) is 2.28. The Balaban J connectivity index is 2.60. The van der Waals surface area contributed by atoms with E-state index in [1.54, 1.807) is 0 Å². The van der Waals surface area contributed by atoms with Crippen LogP contribution in [0.15, 0.2) is 23.1 Å². The third-order valence-electron chi connectivity index (χ3n) is 3.62. The number of carboxylic acid groups (broad SMARTS) is 1. The van der Waals surface area contributed by atoms with Crippen molar-refractivity contribution in [2.24, 2.45) is 5.41 Å². The van der Waals surface area contributed by atoms with Gasteiger partial charge < -0.3 is 5.11 Å². The number of halogens is 2. The number of carboxylic acids is 1. The smallest absolute Gasteiger partial charge is 0.325 e. The van der Waals surface area contributed by atoms with Crippen LogP contribution in [0.4, 0.5) is 0 Å². The molecule has 0 radical (unpaired) electrons. The van der Waals surface area contributed by atoms with Crippen LogP contribution < -0.4 is 0 Å². The van der Waals surface area contributed by atoms with Crippen molar-refractivity contribution in [2.75, 3.05) is 0 Å². The summed E-state index contributed by atoms with van der Waals surface area (Å²) in [5, 5.41) is 9.60. The van der Waals surface area contributed by atoms with Gasteiger partial charge in [0.15, 0.2) is 14.6 Å². The average molecular weight is 337 g/mol. The number of aliphatic carboxylic acids is 1. The van der Waals surface area contributed by atoms with Gasteiger partial charge in [0.25, 0.3) is 0 Å². The molecule has 4 nitrogen and oxygen atoms in total. The molecule has 1 aromatic carbocycles. The SMILES string of the molecule is CC1(C)CC(C(=O)O)(S(=O)(=O)c2cc(Cl)ccc2Cl)C1. The summed E-state index contributed by atoms with van der Waals surface area (Å²) < 4.78 is 23.6. The maximum atomic E-state index is 12.7. The molecule has 0 saturated heterocycles. The van der Waals surface area contributed by atoms with E-state index < -0.39 is 20.6 Å². The van der Waals surface area contributed by atoms with E-state index in [4.69, 9.17) is 23.2 Å². The number of carbonyl (C=O) groups is 1. The Morgan fingerprint density at radius 1 is 1.25 bits per heavy atom. The van der Waals surface area contributed by atoms with Gasteiger partial charge in [0.2, 0.25) is 0 Å². The van der Waals surface area contributed by atoms with Crippen LogP contribution in [0.3, 0.4) is 0 Å². The molecule has 7 heteroatoms. The lowest BCUT2D eigenvalue weighted by atomic mass is 9.64. The molecule has 1 aliphatic carbocycles. The third-order valence-corrected chi connectivity index (χ3v) is 6.70. The van der Waals surface area contributed by atoms with Crippen LogP contribution in [-0.4, -0.2) is 24.2 Å². The number of hydrogen-bond donors (Lipinski definition) is 1. The van der Waals surface area contributed by atoms with Crippen LogP contribution in [-0.2, 0) is 14.6 Å². The maximum Gasteiger partial charge on any atom is 0.325 e. The molecule has 0 heterocycles. The second-order valence-electron chi connectivity index (χ2n) is 5.90. The number of benzene rings is 1. The minimum atomic E-state index is -4.10. The van der Waals surface area contributed by atoms with Crippen molar-refractivity contribution in [3.05, 3.63) is 28.2 Å². The van der Waals surface area contributed by atoms with Crippen molar-refractivity contribution >= 4 is 39.0 Å². The van der Waals surface area contributed by atoms with Gasteiger partial charge in [-0.2, -0.15) is 0 Å². The van der Waals surface area contributed by atoms with Crippen LogP contribution in [0, 0.1) is 5.41 Å². The summed E-state index contributed by atoms with van der Waals surface area (Å²) in [4.78, 5) is 11.3. The summed E-state index contributed by atoms with van der Waals surface area (Å²) in [6.45, 7) is 3.67. The van der Waals surface area contributed by atoms with E-state index in [0.29, 0.717) is 0 Å². The lowest BCUT2D eigenvalue weighted by Gasteiger charge is -2.49. The minimum absolute atomic E-state index is 0.0141. The molecule has 0 amide bonds. The molecule has 0 aliphatic heterocycles.